The quantitative estimate of drug-likeness (QED) is 0.0212. The monoisotopic (exact) mass is 1070 g/mol. The molecule has 432 valence electrons. The van der Waals surface area contributed by atoms with Crippen molar-refractivity contribution in [3.8, 4) is 0 Å². The Labute approximate surface area is 462 Å². The standard InChI is InChI=1S/C65H115N2O7P/c1-7-10-13-16-19-22-25-27-28-29-30-31-32-33-34-35-36-37-38-40-42-45-48-51-54-57-64(68)66-62(61-73-75(70,71)72-60-59-67(4,5)6)63(56-53-50-47-44-41-24-21-18-15-12-9-3)74-65(69)58-55-52-49-46-43-39-26-23-20-17-14-11-8-2/h10,13,19,22,27-28,30-31,33-34,36-37,39,43,53,56,62-63H,7-9,11-12,14-18,20-21,23-26,29,32,35,38,40-42,44-52,54-55,57-61H2,1-6H3,(H-,66,68,70,71)/b13-10-,22-19-,28-27-,31-30-,34-33-,37-36-,43-39-,56-53-. The first-order valence-corrected chi connectivity index (χ1v) is 32.0. The second kappa shape index (κ2) is 54.3. The maximum absolute atomic E-state index is 13.5. The maximum Gasteiger partial charge on any atom is 0.306 e. The zero-order chi connectivity index (χ0) is 55.0. The molecule has 3 unspecified atom stereocenters. The molecule has 3 atom stereocenters. The third kappa shape index (κ3) is 55.5. The zero-order valence-corrected chi connectivity index (χ0v) is 50.1. The fourth-order valence-corrected chi connectivity index (χ4v) is 9.01. The smallest absolute Gasteiger partial charge is 0.306 e. The van der Waals surface area contributed by atoms with Crippen LogP contribution in [0.25, 0.3) is 0 Å². The van der Waals surface area contributed by atoms with Gasteiger partial charge in [-0.2, -0.15) is 0 Å². The van der Waals surface area contributed by atoms with Crippen LogP contribution in [0.4, 0.5) is 0 Å². The number of hydrogen-bond acceptors (Lipinski definition) is 7. The number of phosphoric acid groups is 1. The Hall–Kier alpha value is -3.07. The number of rotatable bonds is 54. The van der Waals surface area contributed by atoms with Crippen molar-refractivity contribution in [2.75, 3.05) is 40.9 Å². The van der Waals surface area contributed by atoms with Crippen molar-refractivity contribution in [1.29, 1.82) is 0 Å². The number of nitrogens with one attached hydrogen (secondary N) is 1. The second-order valence-electron chi connectivity index (χ2n) is 21.5. The van der Waals surface area contributed by atoms with Crippen LogP contribution in [0.5, 0.6) is 0 Å². The molecule has 0 aliphatic heterocycles. The van der Waals surface area contributed by atoms with Crippen LogP contribution < -0.4 is 10.2 Å². The number of unbranched alkanes of at least 4 members (excludes halogenated alkanes) is 24. The summed E-state index contributed by atoms with van der Waals surface area (Å²) in [6.45, 7) is 6.68. The Morgan fingerprint density at radius 1 is 0.480 bits per heavy atom. The molecule has 0 aliphatic carbocycles. The van der Waals surface area contributed by atoms with Gasteiger partial charge in [-0.15, -0.1) is 0 Å². The van der Waals surface area contributed by atoms with E-state index in [1.54, 1.807) is 0 Å². The van der Waals surface area contributed by atoms with Crippen molar-refractivity contribution in [3.05, 3.63) is 97.2 Å². The summed E-state index contributed by atoms with van der Waals surface area (Å²) in [7, 11) is 1.15. The van der Waals surface area contributed by atoms with Gasteiger partial charge in [0.05, 0.1) is 33.8 Å². The number of esters is 1. The van der Waals surface area contributed by atoms with Crippen LogP contribution in [-0.4, -0.2) is 69.4 Å². The van der Waals surface area contributed by atoms with Gasteiger partial charge in [0.15, 0.2) is 0 Å². The molecule has 1 N–H and O–H groups in total. The highest BCUT2D eigenvalue weighted by Gasteiger charge is 2.27. The summed E-state index contributed by atoms with van der Waals surface area (Å²) in [6, 6.07) is -0.907. The lowest BCUT2D eigenvalue weighted by Gasteiger charge is -2.30. The van der Waals surface area contributed by atoms with Crippen LogP contribution in [-0.2, 0) is 27.9 Å². The lowest BCUT2D eigenvalue weighted by Crippen LogP contribution is -2.47. The number of phosphoric ester groups is 1. The molecule has 75 heavy (non-hydrogen) atoms. The molecule has 0 saturated heterocycles. The first-order chi connectivity index (χ1) is 36.4. The normalized spacial score (nSPS) is 14.4. The number of ether oxygens (including phenoxy) is 1. The Balaban J connectivity index is 5.20. The predicted octanol–water partition coefficient (Wildman–Crippen LogP) is 18.1. The molecule has 0 aromatic heterocycles. The molecule has 0 rings (SSSR count). The van der Waals surface area contributed by atoms with Gasteiger partial charge in [-0.25, -0.2) is 0 Å². The average molecular weight is 1070 g/mol. The van der Waals surface area contributed by atoms with E-state index in [0.29, 0.717) is 30.3 Å². The van der Waals surface area contributed by atoms with Crippen molar-refractivity contribution in [2.24, 2.45) is 0 Å². The summed E-state index contributed by atoms with van der Waals surface area (Å²) < 4.78 is 30.2. The maximum atomic E-state index is 13.5. The summed E-state index contributed by atoms with van der Waals surface area (Å²) in [4.78, 5) is 39.9. The molecule has 9 nitrogen and oxygen atoms in total. The van der Waals surface area contributed by atoms with E-state index in [0.717, 1.165) is 122 Å². The summed E-state index contributed by atoms with van der Waals surface area (Å²) in [5.74, 6) is -0.582. The van der Waals surface area contributed by atoms with E-state index in [4.69, 9.17) is 13.8 Å². The molecule has 0 bridgehead atoms. The highest BCUT2D eigenvalue weighted by Crippen LogP contribution is 2.38. The molecule has 0 heterocycles. The van der Waals surface area contributed by atoms with Gasteiger partial charge in [0, 0.05) is 12.8 Å². The van der Waals surface area contributed by atoms with Gasteiger partial charge < -0.3 is 28.5 Å². The molecule has 1 amide bonds. The zero-order valence-electron chi connectivity index (χ0n) is 49.2. The first kappa shape index (κ1) is 71.9. The van der Waals surface area contributed by atoms with Gasteiger partial charge in [0.2, 0.25) is 5.91 Å². The molecular weight excluding hydrogens is 952 g/mol. The number of carbonyl (C=O) groups is 2. The van der Waals surface area contributed by atoms with E-state index < -0.39 is 26.6 Å². The van der Waals surface area contributed by atoms with Gasteiger partial charge in [-0.3, -0.25) is 14.2 Å². The van der Waals surface area contributed by atoms with E-state index in [1.807, 2.05) is 33.3 Å². The summed E-state index contributed by atoms with van der Waals surface area (Å²) >= 11 is 0. The van der Waals surface area contributed by atoms with Gasteiger partial charge in [0.25, 0.3) is 7.82 Å². The summed E-state index contributed by atoms with van der Waals surface area (Å²) in [6.07, 6.45) is 72.3. The fraction of sp³-hybridized carbons (Fsp3) is 0.723. The van der Waals surface area contributed by atoms with Gasteiger partial charge >= 0.3 is 5.97 Å². The van der Waals surface area contributed by atoms with E-state index in [9.17, 15) is 19.0 Å². The topological polar surface area (TPSA) is 114 Å². The second-order valence-corrected chi connectivity index (χ2v) is 22.9. The van der Waals surface area contributed by atoms with Gasteiger partial charge in [0.1, 0.15) is 19.3 Å². The number of carbonyl (C=O) groups excluding carboxylic acids is 2. The molecule has 10 heteroatoms. The molecule has 0 radical (unpaired) electrons. The highest BCUT2D eigenvalue weighted by atomic mass is 31.2. The van der Waals surface area contributed by atoms with Gasteiger partial charge in [-0.1, -0.05) is 227 Å². The molecule has 0 aromatic carbocycles. The van der Waals surface area contributed by atoms with Crippen molar-refractivity contribution >= 4 is 19.7 Å². The van der Waals surface area contributed by atoms with Crippen molar-refractivity contribution in [1.82, 2.24) is 5.32 Å². The summed E-state index contributed by atoms with van der Waals surface area (Å²) in [5.41, 5.74) is 0. The SMILES string of the molecule is CC/C=C\C/C=C\C/C=C\C/C=C\C/C=C\C/C=C\CCCCCCCCC(=O)NC(COP(=O)([O-])OCC[N+](C)(C)C)C(/C=C\CCCCCCCCCCC)OC(=O)CCCCC/C=C\CCCCCCCC. The minimum Gasteiger partial charge on any atom is -0.756 e. The minimum atomic E-state index is -4.71. The van der Waals surface area contributed by atoms with Crippen LogP contribution in [0.3, 0.4) is 0 Å². The van der Waals surface area contributed by atoms with Crippen LogP contribution in [0.1, 0.15) is 252 Å². The number of quaternary nitrogens is 1. The molecule has 0 spiro atoms. The molecular formula is C65H115N2O7P. The van der Waals surface area contributed by atoms with E-state index in [2.05, 4.69) is 111 Å². The van der Waals surface area contributed by atoms with E-state index in [-0.39, 0.29) is 24.9 Å². The average Bonchev–Trinajstić information content (AvgIpc) is 3.37. The molecule has 0 saturated carbocycles. The van der Waals surface area contributed by atoms with Crippen LogP contribution in [0.2, 0.25) is 0 Å². The van der Waals surface area contributed by atoms with Gasteiger partial charge in [-0.05, 0) is 109 Å². The number of likely N-dealkylation sites (N-methyl/N-ethyl adjacent to an activating group) is 1. The molecule has 0 aliphatic rings. The van der Waals surface area contributed by atoms with Crippen molar-refractivity contribution in [2.45, 2.75) is 264 Å². The van der Waals surface area contributed by atoms with Crippen LogP contribution >= 0.6 is 7.82 Å². The minimum absolute atomic E-state index is 0.0320. The molecule has 0 fully saturated rings. The number of amides is 1. The number of hydrogen-bond donors (Lipinski definition) is 1. The largest absolute Gasteiger partial charge is 0.756 e. The predicted molar refractivity (Wildman–Crippen MR) is 321 cm³/mol. The molecule has 0 aromatic rings. The fourth-order valence-electron chi connectivity index (χ4n) is 8.28. The first-order valence-electron chi connectivity index (χ1n) is 30.5. The van der Waals surface area contributed by atoms with E-state index >= 15 is 0 Å². The van der Waals surface area contributed by atoms with Crippen LogP contribution in [0.15, 0.2) is 97.2 Å². The van der Waals surface area contributed by atoms with E-state index in [1.165, 1.54) is 83.5 Å². The Kier molecular flexibility index (Phi) is 52.1. The lowest BCUT2D eigenvalue weighted by molar-refractivity contribution is -0.870. The third-order valence-electron chi connectivity index (χ3n) is 13.0. The number of allylic oxidation sites excluding steroid dienone is 15. The lowest BCUT2D eigenvalue weighted by atomic mass is 10.1. The summed E-state index contributed by atoms with van der Waals surface area (Å²) in [5, 5.41) is 3.01. The highest BCUT2D eigenvalue weighted by molar-refractivity contribution is 7.45. The Morgan fingerprint density at radius 2 is 0.853 bits per heavy atom. The van der Waals surface area contributed by atoms with Crippen molar-refractivity contribution in [3.63, 3.8) is 0 Å². The van der Waals surface area contributed by atoms with Crippen LogP contribution in [0, 0.1) is 0 Å². The third-order valence-corrected chi connectivity index (χ3v) is 14.0. The Bertz CT molecular complexity index is 1610. The Morgan fingerprint density at radius 3 is 1.31 bits per heavy atom. The number of nitrogens with zero attached hydrogens (tertiary/aromatic N) is 1. The van der Waals surface area contributed by atoms with Crippen molar-refractivity contribution < 1.29 is 37.3 Å².